The van der Waals surface area contributed by atoms with Gasteiger partial charge >= 0.3 is 0 Å². The lowest BCUT2D eigenvalue weighted by Gasteiger charge is -2.23. The summed E-state index contributed by atoms with van der Waals surface area (Å²) in [5, 5.41) is 2.15. The van der Waals surface area contributed by atoms with Gasteiger partial charge in [0.2, 0.25) is 0 Å². The largest absolute Gasteiger partial charge is 0.331 e. The van der Waals surface area contributed by atoms with Crippen LogP contribution in [0.1, 0.15) is 11.3 Å². The Kier molecular flexibility index (Phi) is 3.29. The molecule has 0 aliphatic carbocycles. The van der Waals surface area contributed by atoms with Gasteiger partial charge in [0.05, 0.1) is 27.7 Å². The van der Waals surface area contributed by atoms with Crippen LogP contribution in [0.3, 0.4) is 0 Å². The lowest BCUT2D eigenvalue weighted by Crippen LogP contribution is -2.35. The van der Waals surface area contributed by atoms with Crippen molar-refractivity contribution >= 4 is 11.3 Å². The van der Waals surface area contributed by atoms with Crippen molar-refractivity contribution in [2.45, 2.75) is 12.8 Å². The molecule has 0 atom stereocenters. The second-order valence-electron chi connectivity index (χ2n) is 4.20. The van der Waals surface area contributed by atoms with Crippen molar-refractivity contribution in [1.29, 1.82) is 0 Å². The molecule has 0 saturated heterocycles. The molecule has 0 aliphatic heterocycles. The second-order valence-corrected chi connectivity index (χ2v) is 5.23. The van der Waals surface area contributed by atoms with Crippen molar-refractivity contribution in [2.75, 3.05) is 27.7 Å². The second kappa shape index (κ2) is 4.06. The van der Waals surface area contributed by atoms with E-state index in [1.807, 2.05) is 11.3 Å². The Hall–Kier alpha value is -0.340. The Morgan fingerprint density at radius 2 is 2.08 bits per heavy atom. The maximum atomic E-state index is 2.24. The fourth-order valence-corrected chi connectivity index (χ4v) is 1.93. The van der Waals surface area contributed by atoms with E-state index >= 15 is 0 Å². The minimum absolute atomic E-state index is 1.07. The molecule has 0 aromatic carbocycles. The molecular weight excluding hydrogens is 166 g/mol. The zero-order valence-electron chi connectivity index (χ0n) is 8.21. The molecule has 0 saturated carbocycles. The van der Waals surface area contributed by atoms with Gasteiger partial charge in [-0.05, 0) is 17.9 Å². The fraction of sp³-hybridized carbons (Fsp3) is 0.600. The first kappa shape index (κ1) is 9.75. The van der Waals surface area contributed by atoms with E-state index in [4.69, 9.17) is 0 Å². The first-order valence-corrected chi connectivity index (χ1v) is 5.29. The number of hydrogen-bond acceptors (Lipinski definition) is 1. The van der Waals surface area contributed by atoms with Crippen LogP contribution in [0.15, 0.2) is 17.5 Å². The molecule has 1 aromatic heterocycles. The van der Waals surface area contributed by atoms with Gasteiger partial charge < -0.3 is 4.48 Å². The van der Waals surface area contributed by atoms with Gasteiger partial charge in [0, 0.05) is 11.3 Å². The number of nitrogens with zero attached hydrogens (tertiary/aromatic N) is 1. The lowest BCUT2D eigenvalue weighted by molar-refractivity contribution is -0.870. The predicted octanol–water partition coefficient (Wildman–Crippen LogP) is 2.39. The van der Waals surface area contributed by atoms with Gasteiger partial charge in [-0.1, -0.05) is 6.07 Å². The molecular formula is C10H18NS+. The topological polar surface area (TPSA) is 0 Å². The van der Waals surface area contributed by atoms with Gasteiger partial charge in [0.1, 0.15) is 0 Å². The molecule has 68 valence electrons. The molecule has 0 aliphatic rings. The first-order valence-electron chi connectivity index (χ1n) is 4.41. The third-order valence-electron chi connectivity index (χ3n) is 1.83. The van der Waals surface area contributed by atoms with Crippen molar-refractivity contribution in [3.63, 3.8) is 0 Å². The average molecular weight is 184 g/mol. The van der Waals surface area contributed by atoms with Crippen molar-refractivity contribution in [3.05, 3.63) is 22.4 Å². The monoisotopic (exact) mass is 184 g/mol. The highest BCUT2D eigenvalue weighted by atomic mass is 32.1. The number of hydrogen-bond donors (Lipinski definition) is 0. The minimum atomic E-state index is 1.07. The Morgan fingerprint density at radius 1 is 1.33 bits per heavy atom. The molecule has 1 aromatic rings. The maximum Gasteiger partial charge on any atom is 0.0783 e. The Morgan fingerprint density at radius 3 is 2.58 bits per heavy atom. The minimum Gasteiger partial charge on any atom is -0.331 e. The van der Waals surface area contributed by atoms with Gasteiger partial charge in [0.25, 0.3) is 0 Å². The predicted molar refractivity (Wildman–Crippen MR) is 55.5 cm³/mol. The van der Waals surface area contributed by atoms with E-state index in [-0.39, 0.29) is 0 Å². The zero-order valence-corrected chi connectivity index (χ0v) is 9.03. The summed E-state index contributed by atoms with van der Waals surface area (Å²) in [4.78, 5) is 1.52. The standard InChI is InChI=1S/C10H18NS/c1-11(2,3)8-4-6-10-7-5-9-12-10/h5,7,9H,4,6,8H2,1-3H3/q+1. The highest BCUT2D eigenvalue weighted by Gasteiger charge is 2.05. The molecule has 0 fully saturated rings. The van der Waals surface area contributed by atoms with Crippen molar-refractivity contribution in [1.82, 2.24) is 0 Å². The lowest BCUT2D eigenvalue weighted by atomic mass is 10.2. The molecule has 0 bridgehead atoms. The molecule has 12 heavy (non-hydrogen) atoms. The average Bonchev–Trinajstić information content (AvgIpc) is 2.36. The van der Waals surface area contributed by atoms with Crippen molar-refractivity contribution < 1.29 is 4.48 Å². The third kappa shape index (κ3) is 3.88. The number of aryl methyl sites for hydroxylation is 1. The molecule has 0 amide bonds. The van der Waals surface area contributed by atoms with Crippen LogP contribution in [-0.4, -0.2) is 32.2 Å². The number of rotatable bonds is 4. The summed E-state index contributed by atoms with van der Waals surface area (Å²) in [7, 11) is 6.73. The summed E-state index contributed by atoms with van der Waals surface area (Å²) in [6, 6.07) is 4.35. The Balaban J connectivity index is 2.20. The van der Waals surface area contributed by atoms with Crippen LogP contribution < -0.4 is 0 Å². The first-order chi connectivity index (χ1) is 5.58. The van der Waals surface area contributed by atoms with Gasteiger partial charge in [0.15, 0.2) is 0 Å². The highest BCUT2D eigenvalue weighted by molar-refractivity contribution is 7.09. The Labute approximate surface area is 79.2 Å². The van der Waals surface area contributed by atoms with E-state index in [2.05, 4.69) is 38.7 Å². The van der Waals surface area contributed by atoms with Crippen LogP contribution in [0, 0.1) is 0 Å². The van der Waals surface area contributed by atoms with E-state index in [1.54, 1.807) is 0 Å². The van der Waals surface area contributed by atoms with Crippen LogP contribution in [0.2, 0.25) is 0 Å². The van der Waals surface area contributed by atoms with Gasteiger partial charge in [-0.25, -0.2) is 0 Å². The smallest absolute Gasteiger partial charge is 0.0783 e. The van der Waals surface area contributed by atoms with Gasteiger partial charge in [-0.3, -0.25) is 0 Å². The Bertz CT molecular complexity index is 208. The number of quaternary nitrogens is 1. The van der Waals surface area contributed by atoms with Gasteiger partial charge in [-0.2, -0.15) is 0 Å². The zero-order chi connectivity index (χ0) is 9.03. The van der Waals surface area contributed by atoms with E-state index in [1.165, 1.54) is 24.3 Å². The SMILES string of the molecule is C[N+](C)(C)CCCc1cccs1. The van der Waals surface area contributed by atoms with E-state index in [0.29, 0.717) is 0 Å². The summed E-state index contributed by atoms with van der Waals surface area (Å²) in [5.74, 6) is 0. The third-order valence-corrected chi connectivity index (χ3v) is 2.77. The maximum absolute atomic E-state index is 2.24. The normalized spacial score (nSPS) is 11.9. The summed E-state index contributed by atoms with van der Waals surface area (Å²) < 4.78 is 1.07. The molecule has 0 N–H and O–H groups in total. The van der Waals surface area contributed by atoms with Crippen molar-refractivity contribution in [2.24, 2.45) is 0 Å². The number of thiophene rings is 1. The van der Waals surface area contributed by atoms with Crippen LogP contribution in [0.5, 0.6) is 0 Å². The molecule has 0 radical (unpaired) electrons. The van der Waals surface area contributed by atoms with E-state index < -0.39 is 0 Å². The van der Waals surface area contributed by atoms with Gasteiger partial charge in [-0.15, -0.1) is 11.3 Å². The molecule has 0 spiro atoms. The van der Waals surface area contributed by atoms with Crippen LogP contribution in [0.25, 0.3) is 0 Å². The summed E-state index contributed by atoms with van der Waals surface area (Å²) in [6.45, 7) is 1.26. The molecule has 1 rings (SSSR count). The molecule has 1 heterocycles. The summed E-state index contributed by atoms with van der Waals surface area (Å²) in [5.41, 5.74) is 0. The van der Waals surface area contributed by atoms with E-state index in [0.717, 1.165) is 4.48 Å². The highest BCUT2D eigenvalue weighted by Crippen LogP contribution is 2.11. The molecule has 2 heteroatoms. The quantitative estimate of drug-likeness (QED) is 0.630. The van der Waals surface area contributed by atoms with Crippen LogP contribution >= 0.6 is 11.3 Å². The molecule has 1 nitrogen and oxygen atoms in total. The van der Waals surface area contributed by atoms with Crippen LogP contribution in [0.4, 0.5) is 0 Å². The molecule has 0 unspecified atom stereocenters. The summed E-state index contributed by atoms with van der Waals surface area (Å²) in [6.07, 6.45) is 2.54. The van der Waals surface area contributed by atoms with E-state index in [9.17, 15) is 0 Å². The van der Waals surface area contributed by atoms with Crippen LogP contribution in [-0.2, 0) is 6.42 Å². The van der Waals surface area contributed by atoms with Crippen molar-refractivity contribution in [3.8, 4) is 0 Å². The fourth-order valence-electron chi connectivity index (χ4n) is 1.18. The summed E-state index contributed by atoms with van der Waals surface area (Å²) >= 11 is 1.87.